The number of anilines is 2. The van der Waals surface area contributed by atoms with Gasteiger partial charge in [0.25, 0.3) is 0 Å². The van der Waals surface area contributed by atoms with Gasteiger partial charge in [-0.1, -0.05) is 12.1 Å². The van der Waals surface area contributed by atoms with Crippen molar-refractivity contribution in [1.29, 1.82) is 0 Å². The number of fused-ring (bicyclic) bond motifs is 1. The molecule has 0 saturated carbocycles. The predicted molar refractivity (Wildman–Crippen MR) is 58.8 cm³/mol. The highest BCUT2D eigenvalue weighted by Crippen LogP contribution is 2.30. The lowest BCUT2D eigenvalue weighted by molar-refractivity contribution is 0.275. The number of rotatable bonds is 2. The van der Waals surface area contributed by atoms with Crippen molar-refractivity contribution in [2.45, 2.75) is 12.5 Å². The van der Waals surface area contributed by atoms with Crippen LogP contribution in [0, 0.1) is 0 Å². The molecule has 1 aromatic rings. The minimum Gasteiger partial charge on any atom is -0.396 e. The van der Waals surface area contributed by atoms with Crippen LogP contribution >= 0.6 is 0 Å². The van der Waals surface area contributed by atoms with E-state index in [9.17, 15) is 0 Å². The van der Waals surface area contributed by atoms with E-state index in [0.29, 0.717) is 6.04 Å². The Morgan fingerprint density at radius 1 is 1.50 bits per heavy atom. The number of nitrogens with zero attached hydrogens (tertiary/aromatic N) is 1. The molecule has 3 nitrogen and oxygen atoms in total. The zero-order chi connectivity index (χ0) is 9.97. The average Bonchev–Trinajstić information content (AvgIpc) is 2.23. The Labute approximate surface area is 84.4 Å². The lowest BCUT2D eigenvalue weighted by Gasteiger charge is -2.36. The first-order valence-corrected chi connectivity index (χ1v) is 4.99. The summed E-state index contributed by atoms with van der Waals surface area (Å²) in [4.78, 5) is 2.24. The number of hydrogen-bond acceptors (Lipinski definition) is 3. The minimum atomic E-state index is 0.249. The average molecular weight is 192 g/mol. The highest BCUT2D eigenvalue weighted by molar-refractivity contribution is 5.72. The standard InChI is InChI=1S/C11H16N2O/c1-13-9(6-7-14)8-12-10-4-2-3-5-11(10)13/h2-5,9,12,14H,6-8H2,1H3. The van der Waals surface area contributed by atoms with Gasteiger partial charge in [0.2, 0.25) is 0 Å². The van der Waals surface area contributed by atoms with Gasteiger partial charge >= 0.3 is 0 Å². The lowest BCUT2D eigenvalue weighted by atomic mass is 10.1. The number of aliphatic hydroxyl groups excluding tert-OH is 1. The van der Waals surface area contributed by atoms with Crippen LogP contribution in [0.1, 0.15) is 6.42 Å². The van der Waals surface area contributed by atoms with Gasteiger partial charge in [-0.25, -0.2) is 0 Å². The van der Waals surface area contributed by atoms with Gasteiger partial charge in [-0.3, -0.25) is 0 Å². The Kier molecular flexibility index (Phi) is 2.59. The zero-order valence-corrected chi connectivity index (χ0v) is 8.40. The molecule has 0 bridgehead atoms. The topological polar surface area (TPSA) is 35.5 Å². The van der Waals surface area contributed by atoms with Crippen molar-refractivity contribution in [2.24, 2.45) is 0 Å². The Morgan fingerprint density at radius 2 is 2.29 bits per heavy atom. The van der Waals surface area contributed by atoms with Crippen LogP contribution in [0.25, 0.3) is 0 Å². The molecule has 2 rings (SSSR count). The van der Waals surface area contributed by atoms with Crippen LogP contribution in [0.2, 0.25) is 0 Å². The maximum Gasteiger partial charge on any atom is 0.0602 e. The van der Waals surface area contributed by atoms with E-state index in [1.54, 1.807) is 0 Å². The summed E-state index contributed by atoms with van der Waals surface area (Å²) in [5.74, 6) is 0. The third-order valence-electron chi connectivity index (χ3n) is 2.82. The number of aliphatic hydroxyl groups is 1. The summed E-state index contributed by atoms with van der Waals surface area (Å²) in [7, 11) is 2.08. The monoisotopic (exact) mass is 192 g/mol. The molecule has 1 atom stereocenters. The fraction of sp³-hybridized carbons (Fsp3) is 0.455. The molecule has 0 amide bonds. The van der Waals surface area contributed by atoms with Gasteiger partial charge in [-0.2, -0.15) is 0 Å². The summed E-state index contributed by atoms with van der Waals surface area (Å²) in [5, 5.41) is 12.3. The van der Waals surface area contributed by atoms with E-state index >= 15 is 0 Å². The Hall–Kier alpha value is -1.22. The number of likely N-dealkylation sites (N-methyl/N-ethyl adjacent to an activating group) is 1. The second-order valence-corrected chi connectivity index (χ2v) is 3.68. The zero-order valence-electron chi connectivity index (χ0n) is 8.40. The van der Waals surface area contributed by atoms with Crippen molar-refractivity contribution in [2.75, 3.05) is 30.4 Å². The van der Waals surface area contributed by atoms with E-state index in [-0.39, 0.29) is 6.61 Å². The molecule has 1 aromatic carbocycles. The van der Waals surface area contributed by atoms with Crippen LogP contribution in [-0.4, -0.2) is 31.3 Å². The van der Waals surface area contributed by atoms with Crippen molar-refractivity contribution >= 4 is 11.4 Å². The molecule has 3 heteroatoms. The van der Waals surface area contributed by atoms with Crippen LogP contribution in [0.4, 0.5) is 11.4 Å². The number of nitrogens with one attached hydrogen (secondary N) is 1. The van der Waals surface area contributed by atoms with E-state index in [1.165, 1.54) is 11.4 Å². The Bertz CT molecular complexity index is 314. The largest absolute Gasteiger partial charge is 0.396 e. The molecular weight excluding hydrogens is 176 g/mol. The van der Waals surface area contributed by atoms with Gasteiger partial charge < -0.3 is 15.3 Å². The first-order chi connectivity index (χ1) is 6.83. The van der Waals surface area contributed by atoms with E-state index in [2.05, 4.69) is 29.4 Å². The molecule has 1 unspecified atom stereocenters. The molecule has 14 heavy (non-hydrogen) atoms. The van der Waals surface area contributed by atoms with Crippen LogP contribution in [0.5, 0.6) is 0 Å². The molecule has 2 N–H and O–H groups in total. The van der Waals surface area contributed by atoms with E-state index < -0.39 is 0 Å². The van der Waals surface area contributed by atoms with Crippen LogP contribution in [-0.2, 0) is 0 Å². The minimum absolute atomic E-state index is 0.249. The number of benzene rings is 1. The van der Waals surface area contributed by atoms with Crippen molar-refractivity contribution < 1.29 is 5.11 Å². The normalized spacial score (nSPS) is 20.1. The van der Waals surface area contributed by atoms with E-state index in [4.69, 9.17) is 5.11 Å². The van der Waals surface area contributed by atoms with Crippen molar-refractivity contribution in [1.82, 2.24) is 0 Å². The molecule has 0 spiro atoms. The predicted octanol–water partition coefficient (Wildman–Crippen LogP) is 1.30. The molecule has 0 fully saturated rings. The second kappa shape index (κ2) is 3.88. The SMILES string of the molecule is CN1c2ccccc2NCC1CCO. The molecule has 0 aromatic heterocycles. The second-order valence-electron chi connectivity index (χ2n) is 3.68. The quantitative estimate of drug-likeness (QED) is 0.741. The first kappa shape index (κ1) is 9.34. The van der Waals surface area contributed by atoms with E-state index in [1.807, 2.05) is 12.1 Å². The van der Waals surface area contributed by atoms with Crippen molar-refractivity contribution in [3.8, 4) is 0 Å². The molecule has 0 aliphatic carbocycles. The number of hydrogen-bond donors (Lipinski definition) is 2. The van der Waals surface area contributed by atoms with Gasteiger partial charge in [0.15, 0.2) is 0 Å². The fourth-order valence-corrected chi connectivity index (χ4v) is 1.94. The summed E-state index contributed by atoms with van der Waals surface area (Å²) in [6.07, 6.45) is 0.817. The molecule has 1 aliphatic rings. The van der Waals surface area contributed by atoms with Crippen molar-refractivity contribution in [3.63, 3.8) is 0 Å². The third kappa shape index (κ3) is 1.55. The van der Waals surface area contributed by atoms with Gasteiger partial charge in [0, 0.05) is 26.2 Å². The highest BCUT2D eigenvalue weighted by Gasteiger charge is 2.21. The molecule has 76 valence electrons. The molecule has 0 radical (unpaired) electrons. The van der Waals surface area contributed by atoms with Crippen molar-refractivity contribution in [3.05, 3.63) is 24.3 Å². The summed E-state index contributed by atoms with van der Waals surface area (Å²) < 4.78 is 0. The molecular formula is C11H16N2O. The Balaban J connectivity index is 2.22. The summed E-state index contributed by atoms with van der Waals surface area (Å²) >= 11 is 0. The van der Waals surface area contributed by atoms with Gasteiger partial charge in [0.05, 0.1) is 11.4 Å². The Morgan fingerprint density at radius 3 is 3.07 bits per heavy atom. The van der Waals surface area contributed by atoms with Crippen LogP contribution in [0.3, 0.4) is 0 Å². The van der Waals surface area contributed by atoms with Gasteiger partial charge in [-0.15, -0.1) is 0 Å². The van der Waals surface area contributed by atoms with E-state index in [0.717, 1.165) is 13.0 Å². The van der Waals surface area contributed by atoms with Gasteiger partial charge in [-0.05, 0) is 18.6 Å². The molecule has 1 heterocycles. The van der Waals surface area contributed by atoms with Gasteiger partial charge in [0.1, 0.15) is 0 Å². The summed E-state index contributed by atoms with van der Waals surface area (Å²) in [6, 6.07) is 8.66. The maximum absolute atomic E-state index is 8.93. The smallest absolute Gasteiger partial charge is 0.0602 e. The third-order valence-corrected chi connectivity index (χ3v) is 2.82. The number of para-hydroxylation sites is 2. The molecule has 0 saturated heterocycles. The van der Waals surface area contributed by atoms with Crippen LogP contribution in [0.15, 0.2) is 24.3 Å². The van der Waals surface area contributed by atoms with Crippen LogP contribution < -0.4 is 10.2 Å². The lowest BCUT2D eigenvalue weighted by Crippen LogP contribution is -2.41. The summed E-state index contributed by atoms with van der Waals surface area (Å²) in [5.41, 5.74) is 2.40. The fourth-order valence-electron chi connectivity index (χ4n) is 1.94. The maximum atomic E-state index is 8.93. The first-order valence-electron chi connectivity index (χ1n) is 4.99. The molecule has 1 aliphatic heterocycles. The summed E-state index contributed by atoms with van der Waals surface area (Å²) in [6.45, 7) is 1.16. The highest BCUT2D eigenvalue weighted by atomic mass is 16.3.